The number of hydrogen-bond donors (Lipinski definition) is 2. The monoisotopic (exact) mass is 465 g/mol. The van der Waals surface area contributed by atoms with Crippen LogP contribution in [0.25, 0.3) is 11.1 Å². The smallest absolute Gasteiger partial charge is 0.279 e. The van der Waals surface area contributed by atoms with Gasteiger partial charge in [0.25, 0.3) is 11.8 Å². The third-order valence-corrected chi connectivity index (χ3v) is 6.29. The molecule has 0 bridgehead atoms. The van der Waals surface area contributed by atoms with Gasteiger partial charge in [0.15, 0.2) is 0 Å². The minimum absolute atomic E-state index is 0.0536. The number of nitrogens with zero attached hydrogens (tertiary/aromatic N) is 1. The molecule has 1 aromatic heterocycles. The topological polar surface area (TPSA) is 79.9 Å². The second-order valence-corrected chi connectivity index (χ2v) is 8.92. The molecule has 1 aliphatic heterocycles. The predicted molar refractivity (Wildman–Crippen MR) is 130 cm³/mol. The van der Waals surface area contributed by atoms with Crippen LogP contribution in [0.5, 0.6) is 5.75 Å². The van der Waals surface area contributed by atoms with E-state index in [1.807, 2.05) is 50.2 Å². The van der Waals surface area contributed by atoms with E-state index in [-0.39, 0.29) is 12.0 Å². The number of thiophene rings is 1. The van der Waals surface area contributed by atoms with E-state index < -0.39 is 5.91 Å². The van der Waals surface area contributed by atoms with Gasteiger partial charge in [0, 0.05) is 24.2 Å². The first kappa shape index (κ1) is 22.8. The molecule has 0 aliphatic carbocycles. The fourth-order valence-corrected chi connectivity index (χ4v) is 4.65. The molecular weight excluding hydrogens is 438 g/mol. The van der Waals surface area contributed by atoms with E-state index in [0.29, 0.717) is 29.4 Å². The Kier molecular flexibility index (Phi) is 7.26. The molecule has 3 aromatic rings. The molecule has 0 atom stereocenters. The summed E-state index contributed by atoms with van der Waals surface area (Å²) in [6.07, 6.45) is 0.0536. The molecule has 0 unspecified atom stereocenters. The highest BCUT2D eigenvalue weighted by Gasteiger charge is 2.22. The lowest BCUT2D eigenvalue weighted by Crippen LogP contribution is -2.41. The molecule has 2 heterocycles. The predicted octanol–water partition coefficient (Wildman–Crippen LogP) is 4.11. The molecule has 1 fully saturated rings. The molecule has 7 nitrogen and oxygen atoms in total. The van der Waals surface area contributed by atoms with Gasteiger partial charge in [0.05, 0.1) is 29.2 Å². The zero-order chi connectivity index (χ0) is 23.2. The van der Waals surface area contributed by atoms with Crippen molar-refractivity contribution in [2.24, 2.45) is 0 Å². The van der Waals surface area contributed by atoms with Crippen LogP contribution in [0.1, 0.15) is 33.9 Å². The summed E-state index contributed by atoms with van der Waals surface area (Å²) in [6.45, 7) is 6.74. The van der Waals surface area contributed by atoms with Crippen molar-refractivity contribution < 1.29 is 19.1 Å². The first-order valence-corrected chi connectivity index (χ1v) is 11.7. The number of carbonyl (C=O) groups is 2. The number of morpholine rings is 1. The lowest BCUT2D eigenvalue weighted by Gasteiger charge is -2.28. The van der Waals surface area contributed by atoms with Crippen LogP contribution in [0.4, 0.5) is 5.00 Å². The molecule has 2 aromatic carbocycles. The first-order chi connectivity index (χ1) is 16.0. The normalized spacial score (nSPS) is 13.6. The SMILES string of the molecule is CC(C)Oc1ccc(C(=O)NNC(=O)c2cc(-c3ccccc3)c(N3CCOCC3)s2)cc1. The largest absolute Gasteiger partial charge is 0.491 e. The van der Waals surface area contributed by atoms with Gasteiger partial charge in [0.1, 0.15) is 5.75 Å². The van der Waals surface area contributed by atoms with E-state index in [1.54, 1.807) is 24.3 Å². The molecular formula is C25H27N3O4S. The standard InChI is InChI=1S/C25H27N3O4S/c1-17(2)32-20-10-8-19(9-11-20)23(29)26-27-24(30)22-16-21(18-6-4-3-5-7-18)25(33-22)28-12-14-31-15-13-28/h3-11,16-17H,12-15H2,1-2H3,(H,26,29)(H,27,30). The van der Waals surface area contributed by atoms with Crippen molar-refractivity contribution in [3.8, 4) is 16.9 Å². The number of anilines is 1. The highest BCUT2D eigenvalue weighted by molar-refractivity contribution is 7.18. The van der Waals surface area contributed by atoms with E-state index in [4.69, 9.17) is 9.47 Å². The third kappa shape index (κ3) is 5.71. The van der Waals surface area contributed by atoms with Crippen LogP contribution < -0.4 is 20.5 Å². The average molecular weight is 466 g/mol. The second-order valence-electron chi connectivity index (χ2n) is 7.89. The zero-order valence-electron chi connectivity index (χ0n) is 18.7. The van der Waals surface area contributed by atoms with E-state index in [1.165, 1.54) is 11.3 Å². The Morgan fingerprint density at radius 1 is 0.970 bits per heavy atom. The van der Waals surface area contributed by atoms with Crippen molar-refractivity contribution >= 4 is 28.2 Å². The number of rotatable bonds is 6. The Balaban J connectivity index is 1.46. The van der Waals surface area contributed by atoms with Gasteiger partial charge < -0.3 is 14.4 Å². The van der Waals surface area contributed by atoms with Crippen molar-refractivity contribution in [3.63, 3.8) is 0 Å². The van der Waals surface area contributed by atoms with Crippen LogP contribution in [0.15, 0.2) is 60.7 Å². The zero-order valence-corrected chi connectivity index (χ0v) is 19.5. The van der Waals surface area contributed by atoms with Crippen molar-refractivity contribution in [1.29, 1.82) is 0 Å². The van der Waals surface area contributed by atoms with Gasteiger partial charge in [-0.15, -0.1) is 11.3 Å². The van der Waals surface area contributed by atoms with Crippen LogP contribution in [0.2, 0.25) is 0 Å². The van der Waals surface area contributed by atoms with E-state index in [2.05, 4.69) is 15.8 Å². The minimum atomic E-state index is -0.396. The van der Waals surface area contributed by atoms with Gasteiger partial charge >= 0.3 is 0 Å². The van der Waals surface area contributed by atoms with Gasteiger partial charge in [-0.05, 0) is 49.7 Å². The van der Waals surface area contributed by atoms with Crippen molar-refractivity contribution in [2.45, 2.75) is 20.0 Å². The van der Waals surface area contributed by atoms with Crippen LogP contribution in [-0.4, -0.2) is 44.2 Å². The second kappa shape index (κ2) is 10.5. The molecule has 33 heavy (non-hydrogen) atoms. The van der Waals surface area contributed by atoms with E-state index in [0.717, 1.165) is 29.2 Å². The van der Waals surface area contributed by atoms with Gasteiger partial charge in [-0.1, -0.05) is 30.3 Å². The molecule has 2 N–H and O–H groups in total. The Morgan fingerprint density at radius 3 is 2.30 bits per heavy atom. The molecule has 2 amide bonds. The van der Waals surface area contributed by atoms with E-state index in [9.17, 15) is 9.59 Å². The number of benzene rings is 2. The number of nitrogens with one attached hydrogen (secondary N) is 2. The van der Waals surface area contributed by atoms with Crippen LogP contribution in [-0.2, 0) is 4.74 Å². The molecule has 0 radical (unpaired) electrons. The Labute approximate surface area is 197 Å². The lowest BCUT2D eigenvalue weighted by atomic mass is 10.1. The lowest BCUT2D eigenvalue weighted by molar-refractivity contribution is 0.0849. The van der Waals surface area contributed by atoms with Crippen molar-refractivity contribution in [1.82, 2.24) is 10.9 Å². The highest BCUT2D eigenvalue weighted by Crippen LogP contribution is 2.39. The first-order valence-electron chi connectivity index (χ1n) is 10.9. The third-order valence-electron chi connectivity index (χ3n) is 5.10. The fourth-order valence-electron chi connectivity index (χ4n) is 3.52. The number of amides is 2. The van der Waals surface area contributed by atoms with Gasteiger partial charge in [-0.3, -0.25) is 20.4 Å². The number of carbonyl (C=O) groups excluding carboxylic acids is 2. The van der Waals surface area contributed by atoms with Crippen LogP contribution in [0.3, 0.4) is 0 Å². The maximum Gasteiger partial charge on any atom is 0.279 e. The summed E-state index contributed by atoms with van der Waals surface area (Å²) in [4.78, 5) is 28.1. The Hall–Kier alpha value is -3.36. The van der Waals surface area contributed by atoms with Crippen LogP contribution >= 0.6 is 11.3 Å². The molecule has 1 aliphatic rings. The maximum absolute atomic E-state index is 12.9. The molecule has 0 saturated carbocycles. The minimum Gasteiger partial charge on any atom is -0.491 e. The van der Waals surface area contributed by atoms with Crippen molar-refractivity contribution in [2.75, 3.05) is 31.2 Å². The maximum atomic E-state index is 12.9. The van der Waals surface area contributed by atoms with E-state index >= 15 is 0 Å². The number of hydrogen-bond acceptors (Lipinski definition) is 6. The summed E-state index contributed by atoms with van der Waals surface area (Å²) in [5.74, 6) is -0.0641. The molecule has 8 heteroatoms. The average Bonchev–Trinajstić information content (AvgIpc) is 3.29. The fraction of sp³-hybridized carbons (Fsp3) is 0.280. The molecule has 0 spiro atoms. The molecule has 172 valence electrons. The quantitative estimate of drug-likeness (QED) is 0.536. The summed E-state index contributed by atoms with van der Waals surface area (Å²) in [7, 11) is 0. The Bertz CT molecular complexity index is 1090. The van der Waals surface area contributed by atoms with Crippen molar-refractivity contribution in [3.05, 3.63) is 71.1 Å². The molecule has 1 saturated heterocycles. The molecule has 4 rings (SSSR count). The van der Waals surface area contributed by atoms with Crippen LogP contribution in [0, 0.1) is 0 Å². The summed E-state index contributed by atoms with van der Waals surface area (Å²) >= 11 is 1.41. The highest BCUT2D eigenvalue weighted by atomic mass is 32.1. The summed E-state index contributed by atoms with van der Waals surface area (Å²) in [5.41, 5.74) is 7.51. The Morgan fingerprint density at radius 2 is 1.64 bits per heavy atom. The van der Waals surface area contributed by atoms with Gasteiger partial charge in [0.2, 0.25) is 0 Å². The van der Waals surface area contributed by atoms with Gasteiger partial charge in [-0.2, -0.15) is 0 Å². The number of hydrazine groups is 1. The summed E-state index contributed by atoms with van der Waals surface area (Å²) in [5, 5.41) is 1.03. The van der Waals surface area contributed by atoms with Gasteiger partial charge in [-0.25, -0.2) is 0 Å². The summed E-state index contributed by atoms with van der Waals surface area (Å²) in [6, 6.07) is 18.7. The number of ether oxygens (including phenoxy) is 2. The summed E-state index contributed by atoms with van der Waals surface area (Å²) < 4.78 is 11.1.